The van der Waals surface area contributed by atoms with E-state index in [9.17, 15) is 4.79 Å². The van der Waals surface area contributed by atoms with Gasteiger partial charge in [-0.2, -0.15) is 5.10 Å². The molecule has 1 N–H and O–H groups in total. The van der Waals surface area contributed by atoms with Crippen LogP contribution in [0.5, 0.6) is 0 Å². The predicted molar refractivity (Wildman–Crippen MR) is 56.0 cm³/mol. The Morgan fingerprint density at radius 3 is 3.25 bits per heavy atom. The van der Waals surface area contributed by atoms with Gasteiger partial charge in [0.1, 0.15) is 18.4 Å². The Hall–Kier alpha value is -1.82. The normalized spacial score (nSPS) is 21.5. The van der Waals surface area contributed by atoms with Crippen molar-refractivity contribution in [2.45, 2.75) is 12.3 Å². The summed E-state index contributed by atoms with van der Waals surface area (Å²) in [6, 6.07) is 1.82. The van der Waals surface area contributed by atoms with E-state index in [2.05, 4.69) is 20.4 Å². The summed E-state index contributed by atoms with van der Waals surface area (Å²) < 4.78 is 1.59. The molecule has 0 bridgehead atoms. The molecule has 1 aliphatic rings. The van der Waals surface area contributed by atoms with Crippen LogP contribution in [-0.4, -0.2) is 38.5 Å². The van der Waals surface area contributed by atoms with Gasteiger partial charge in [-0.05, 0) is 0 Å². The fourth-order valence-corrected chi connectivity index (χ4v) is 1.95. The quantitative estimate of drug-likeness (QED) is 0.714. The molecule has 3 rings (SSSR count). The smallest absolute Gasteiger partial charge is 0.158 e. The molecule has 6 nitrogen and oxygen atoms in total. The minimum Gasteiger partial charge on any atom is -0.315 e. The van der Waals surface area contributed by atoms with E-state index < -0.39 is 0 Å². The molecule has 6 heteroatoms. The van der Waals surface area contributed by atoms with Gasteiger partial charge < -0.3 is 5.32 Å². The zero-order valence-electron chi connectivity index (χ0n) is 8.63. The van der Waals surface area contributed by atoms with Crippen LogP contribution in [0.25, 0.3) is 5.65 Å². The monoisotopic (exact) mass is 217 g/mol. The molecule has 1 unspecified atom stereocenters. The maximum absolute atomic E-state index is 11.7. The Bertz CT molecular complexity index is 535. The number of carbonyl (C=O) groups excluding carboxylic acids is 1. The molecule has 82 valence electrons. The van der Waals surface area contributed by atoms with Crippen molar-refractivity contribution in [2.75, 3.05) is 13.1 Å². The molecule has 1 atom stereocenters. The predicted octanol–water partition coefficient (Wildman–Crippen LogP) is -0.230. The molecule has 2 aromatic rings. The van der Waals surface area contributed by atoms with Crippen LogP contribution in [0.4, 0.5) is 0 Å². The third-order valence-electron chi connectivity index (χ3n) is 2.84. The van der Waals surface area contributed by atoms with E-state index in [1.165, 1.54) is 6.33 Å². The van der Waals surface area contributed by atoms with Gasteiger partial charge in [-0.3, -0.25) is 4.79 Å². The van der Waals surface area contributed by atoms with Gasteiger partial charge in [-0.15, -0.1) is 0 Å². The van der Waals surface area contributed by atoms with Gasteiger partial charge in [0.15, 0.2) is 5.65 Å². The highest BCUT2D eigenvalue weighted by Crippen LogP contribution is 2.18. The van der Waals surface area contributed by atoms with Crippen molar-refractivity contribution in [3.05, 3.63) is 24.4 Å². The van der Waals surface area contributed by atoms with Crippen molar-refractivity contribution in [2.24, 2.45) is 0 Å². The number of rotatable bonds is 1. The lowest BCUT2D eigenvalue weighted by molar-refractivity contribution is -0.121. The maximum atomic E-state index is 11.7. The van der Waals surface area contributed by atoms with Gasteiger partial charge in [0.2, 0.25) is 0 Å². The van der Waals surface area contributed by atoms with Gasteiger partial charge in [-0.25, -0.2) is 14.5 Å². The first-order chi connectivity index (χ1) is 7.84. The number of nitrogens with one attached hydrogen (secondary N) is 1. The van der Waals surface area contributed by atoms with E-state index in [-0.39, 0.29) is 11.7 Å². The zero-order chi connectivity index (χ0) is 11.0. The molecule has 0 aliphatic carbocycles. The topological polar surface area (TPSA) is 72.2 Å². The second-order valence-corrected chi connectivity index (χ2v) is 3.85. The van der Waals surface area contributed by atoms with Crippen molar-refractivity contribution in [3.8, 4) is 0 Å². The van der Waals surface area contributed by atoms with Crippen molar-refractivity contribution >= 4 is 11.4 Å². The van der Waals surface area contributed by atoms with Crippen molar-refractivity contribution in [1.82, 2.24) is 24.9 Å². The molecule has 1 saturated heterocycles. The summed E-state index contributed by atoms with van der Waals surface area (Å²) in [7, 11) is 0. The largest absolute Gasteiger partial charge is 0.315 e. The lowest BCUT2D eigenvalue weighted by Gasteiger charge is -2.20. The van der Waals surface area contributed by atoms with Crippen LogP contribution in [0.15, 0.2) is 18.7 Å². The van der Waals surface area contributed by atoms with Crippen LogP contribution in [0.3, 0.4) is 0 Å². The van der Waals surface area contributed by atoms with E-state index in [0.29, 0.717) is 13.0 Å². The van der Waals surface area contributed by atoms with Crippen LogP contribution in [0.2, 0.25) is 0 Å². The van der Waals surface area contributed by atoms with Gasteiger partial charge >= 0.3 is 0 Å². The van der Waals surface area contributed by atoms with E-state index in [4.69, 9.17) is 0 Å². The molecular weight excluding hydrogens is 206 g/mol. The van der Waals surface area contributed by atoms with Crippen LogP contribution in [0, 0.1) is 0 Å². The Balaban J connectivity index is 2.00. The summed E-state index contributed by atoms with van der Waals surface area (Å²) in [6.07, 6.45) is 3.64. The summed E-state index contributed by atoms with van der Waals surface area (Å²) in [5.74, 6) is 0.102. The highest BCUT2D eigenvalue weighted by atomic mass is 16.1. The van der Waals surface area contributed by atoms with Gasteiger partial charge in [0.05, 0.1) is 11.6 Å². The van der Waals surface area contributed by atoms with Crippen LogP contribution >= 0.6 is 0 Å². The average molecular weight is 217 g/mol. The number of hydrogen-bond donors (Lipinski definition) is 1. The number of piperidine rings is 1. The first-order valence-electron chi connectivity index (χ1n) is 5.23. The third-order valence-corrected chi connectivity index (χ3v) is 2.84. The summed E-state index contributed by atoms with van der Waals surface area (Å²) in [4.78, 5) is 20.1. The number of ketones is 1. The molecule has 1 aliphatic heterocycles. The Kier molecular flexibility index (Phi) is 2.14. The molecule has 3 heterocycles. The minimum absolute atomic E-state index is 0.143. The highest BCUT2D eigenvalue weighted by Gasteiger charge is 2.25. The van der Waals surface area contributed by atoms with Gasteiger partial charge in [-0.1, -0.05) is 0 Å². The zero-order valence-corrected chi connectivity index (χ0v) is 8.63. The number of hydrogen-bond acceptors (Lipinski definition) is 5. The molecule has 0 saturated carbocycles. The molecule has 16 heavy (non-hydrogen) atoms. The fourth-order valence-electron chi connectivity index (χ4n) is 1.95. The minimum atomic E-state index is -0.143. The molecule has 1 fully saturated rings. The van der Waals surface area contributed by atoms with E-state index in [0.717, 1.165) is 17.9 Å². The average Bonchev–Trinajstić information content (AvgIpc) is 2.76. The third kappa shape index (κ3) is 1.47. The Morgan fingerprint density at radius 2 is 2.38 bits per heavy atom. The van der Waals surface area contributed by atoms with Gasteiger partial charge in [0, 0.05) is 25.6 Å². The first-order valence-corrected chi connectivity index (χ1v) is 5.23. The Morgan fingerprint density at radius 1 is 1.44 bits per heavy atom. The molecule has 0 spiro atoms. The van der Waals surface area contributed by atoms with Crippen LogP contribution in [0.1, 0.15) is 18.0 Å². The molecule has 0 amide bonds. The van der Waals surface area contributed by atoms with E-state index in [1.54, 1.807) is 10.8 Å². The molecule has 0 radical (unpaired) electrons. The van der Waals surface area contributed by atoms with Gasteiger partial charge in [0.25, 0.3) is 0 Å². The fraction of sp³-hybridized carbons (Fsp3) is 0.400. The number of aromatic nitrogens is 4. The van der Waals surface area contributed by atoms with E-state index in [1.807, 2.05) is 6.07 Å². The van der Waals surface area contributed by atoms with Crippen LogP contribution < -0.4 is 5.32 Å². The second-order valence-electron chi connectivity index (χ2n) is 3.85. The number of Topliss-reactive ketones (excluding diaryl/α,β-unsaturated/α-hetero) is 1. The van der Waals surface area contributed by atoms with Crippen molar-refractivity contribution in [3.63, 3.8) is 0 Å². The Labute approximate surface area is 91.7 Å². The number of fused-ring (bicyclic) bond motifs is 1. The number of nitrogens with zero attached hydrogens (tertiary/aromatic N) is 4. The van der Waals surface area contributed by atoms with Crippen molar-refractivity contribution in [1.29, 1.82) is 0 Å². The highest BCUT2D eigenvalue weighted by molar-refractivity contribution is 5.86. The summed E-state index contributed by atoms with van der Waals surface area (Å²) in [5.41, 5.74) is 1.50. The number of carbonyl (C=O) groups is 1. The van der Waals surface area contributed by atoms with Crippen LogP contribution in [-0.2, 0) is 4.79 Å². The SMILES string of the molecule is O=C1CCNCC1c1cc2ncnn2cn1. The summed E-state index contributed by atoms with van der Waals surface area (Å²) >= 11 is 0. The van der Waals surface area contributed by atoms with Crippen molar-refractivity contribution < 1.29 is 4.79 Å². The summed E-state index contributed by atoms with van der Waals surface area (Å²) in [6.45, 7) is 1.43. The molecular formula is C10H11N5O. The molecule has 2 aromatic heterocycles. The second kappa shape index (κ2) is 3.64. The van der Waals surface area contributed by atoms with E-state index >= 15 is 0 Å². The lowest BCUT2D eigenvalue weighted by atomic mass is 9.94. The first kappa shape index (κ1) is 9.41. The molecule has 0 aromatic carbocycles. The lowest BCUT2D eigenvalue weighted by Crippen LogP contribution is -2.35. The summed E-state index contributed by atoms with van der Waals surface area (Å²) in [5, 5.41) is 7.17. The maximum Gasteiger partial charge on any atom is 0.158 e. The standard InChI is InChI=1S/C10H11N5O/c16-9-1-2-11-4-7(9)8-3-10-12-5-14-15(10)6-13-8/h3,5-7,11H,1-2,4H2.